The first-order valence-corrected chi connectivity index (χ1v) is 5.89. The van der Waals surface area contributed by atoms with Gasteiger partial charge in [-0.25, -0.2) is 9.37 Å². The molecule has 4 nitrogen and oxygen atoms in total. The molecule has 0 radical (unpaired) electrons. The number of alkyl halides is 2. The summed E-state index contributed by atoms with van der Waals surface area (Å²) in [6.07, 6.45) is 1.45. The van der Waals surface area contributed by atoms with E-state index >= 15 is 0 Å². The zero-order valence-electron chi connectivity index (χ0n) is 10.6. The molecule has 0 saturated carbocycles. The predicted octanol–water partition coefficient (Wildman–Crippen LogP) is 3.05. The highest BCUT2D eigenvalue weighted by molar-refractivity contribution is 5.30. The van der Waals surface area contributed by atoms with Gasteiger partial charge in [-0.3, -0.25) is 4.57 Å². The topological polar surface area (TPSA) is 47.3 Å². The van der Waals surface area contributed by atoms with Gasteiger partial charge in [0.1, 0.15) is 18.2 Å². The average Bonchev–Trinajstić information content (AvgIpc) is 2.84. The maximum Gasteiger partial charge on any atom is 0.320 e. The average molecular weight is 286 g/mol. The van der Waals surface area contributed by atoms with Crippen LogP contribution in [0.15, 0.2) is 30.6 Å². The highest BCUT2D eigenvalue weighted by Crippen LogP contribution is 2.22. The van der Waals surface area contributed by atoms with Crippen molar-refractivity contribution in [2.45, 2.75) is 26.2 Å². The van der Waals surface area contributed by atoms with E-state index in [1.54, 1.807) is 0 Å². The summed E-state index contributed by atoms with van der Waals surface area (Å²) >= 11 is 0. The number of hydrogen-bond acceptors (Lipinski definition) is 3. The van der Waals surface area contributed by atoms with Crippen LogP contribution in [-0.2, 0) is 6.61 Å². The summed E-state index contributed by atoms with van der Waals surface area (Å²) in [7, 11) is 0. The molecule has 0 bridgehead atoms. The summed E-state index contributed by atoms with van der Waals surface area (Å²) in [6.45, 7) is -1.46. The molecule has 1 atom stereocenters. The Morgan fingerprint density at radius 1 is 1.40 bits per heavy atom. The molecular weight excluding hydrogens is 273 g/mol. The van der Waals surface area contributed by atoms with Gasteiger partial charge in [0, 0.05) is 24.0 Å². The largest absolute Gasteiger partial charge is 0.486 e. The van der Waals surface area contributed by atoms with E-state index < -0.39 is 18.5 Å². The number of aliphatic hydroxyl groups is 1. The monoisotopic (exact) mass is 286 g/mol. The van der Waals surface area contributed by atoms with Gasteiger partial charge in [-0.1, -0.05) is 0 Å². The second kappa shape index (κ2) is 5.96. The molecule has 1 aromatic heterocycles. The van der Waals surface area contributed by atoms with Gasteiger partial charge in [-0.05, 0) is 19.1 Å². The zero-order chi connectivity index (χ0) is 14.7. The fraction of sp³-hybridized carbons (Fsp3) is 0.308. The summed E-state index contributed by atoms with van der Waals surface area (Å²) in [6, 6.07) is 3.94. The Labute approximate surface area is 113 Å². The number of aromatic nitrogens is 2. The van der Waals surface area contributed by atoms with Crippen LogP contribution in [0.1, 0.15) is 31.0 Å². The molecular formula is C13H13F3N2O2. The Bertz CT molecular complexity index is 585. The highest BCUT2D eigenvalue weighted by atomic mass is 19.3. The number of hydrogen-bond donors (Lipinski definition) is 1. The number of benzene rings is 1. The zero-order valence-corrected chi connectivity index (χ0v) is 10.6. The normalized spacial score (nSPS) is 12.7. The maximum absolute atomic E-state index is 13.6. The lowest BCUT2D eigenvalue weighted by Gasteiger charge is -2.11. The fourth-order valence-corrected chi connectivity index (χ4v) is 1.72. The third-order valence-electron chi connectivity index (χ3n) is 2.75. The summed E-state index contributed by atoms with van der Waals surface area (Å²) in [5.41, 5.74) is 0.145. The molecule has 2 rings (SSSR count). The Morgan fingerprint density at radius 2 is 2.15 bits per heavy atom. The third-order valence-corrected chi connectivity index (χ3v) is 2.75. The first-order chi connectivity index (χ1) is 9.49. The summed E-state index contributed by atoms with van der Waals surface area (Å²) < 4.78 is 44.6. The number of ether oxygens (including phenoxy) is 1. The third kappa shape index (κ3) is 3.11. The molecule has 2 aromatic rings. The van der Waals surface area contributed by atoms with E-state index in [0.717, 1.165) is 12.3 Å². The lowest BCUT2D eigenvalue weighted by atomic mass is 10.1. The Kier molecular flexibility index (Phi) is 4.29. The van der Waals surface area contributed by atoms with Crippen molar-refractivity contribution >= 4 is 0 Å². The van der Waals surface area contributed by atoms with Crippen molar-refractivity contribution < 1.29 is 23.0 Å². The van der Waals surface area contributed by atoms with Crippen LogP contribution in [0.2, 0.25) is 0 Å². The van der Waals surface area contributed by atoms with Gasteiger partial charge in [0.25, 0.3) is 0 Å². The minimum absolute atomic E-state index is 0.0417. The molecule has 1 N–H and O–H groups in total. The van der Waals surface area contributed by atoms with Crippen molar-refractivity contribution in [1.82, 2.24) is 9.55 Å². The van der Waals surface area contributed by atoms with Crippen LogP contribution in [0.3, 0.4) is 0 Å². The molecule has 0 aliphatic carbocycles. The minimum atomic E-state index is -2.70. The van der Waals surface area contributed by atoms with Crippen molar-refractivity contribution in [1.29, 1.82) is 0 Å². The number of rotatable bonds is 5. The molecule has 0 fully saturated rings. The first kappa shape index (κ1) is 14.4. The molecule has 0 saturated heterocycles. The molecule has 0 unspecified atom stereocenters. The number of halogens is 3. The summed E-state index contributed by atoms with van der Waals surface area (Å²) in [5.74, 6) is -0.398. The van der Waals surface area contributed by atoms with Crippen LogP contribution in [-0.4, -0.2) is 14.7 Å². The predicted molar refractivity (Wildman–Crippen MR) is 64.8 cm³/mol. The van der Waals surface area contributed by atoms with Crippen molar-refractivity contribution in [3.63, 3.8) is 0 Å². The van der Waals surface area contributed by atoms with Crippen LogP contribution < -0.4 is 4.74 Å². The highest BCUT2D eigenvalue weighted by Gasteiger charge is 2.13. The SMILES string of the molecule is C[C@H](O)c1ccc(OCc2nccn2C(F)F)cc1F. The minimum Gasteiger partial charge on any atom is -0.486 e. The lowest BCUT2D eigenvalue weighted by Crippen LogP contribution is -2.07. The molecule has 7 heteroatoms. The van der Waals surface area contributed by atoms with Crippen LogP contribution in [0.5, 0.6) is 5.75 Å². The standard InChI is InChI=1S/C13H13F3N2O2/c1-8(19)10-3-2-9(6-11(10)14)20-7-12-17-4-5-18(12)13(15)16/h2-6,8,13,19H,7H2,1H3/t8-/m0/s1. The van der Waals surface area contributed by atoms with Crippen molar-refractivity contribution in [2.75, 3.05) is 0 Å². The number of nitrogens with zero attached hydrogens (tertiary/aromatic N) is 2. The van der Waals surface area contributed by atoms with Gasteiger partial charge in [0.2, 0.25) is 0 Å². The molecule has 0 aliphatic heterocycles. The molecule has 108 valence electrons. The fourth-order valence-electron chi connectivity index (χ4n) is 1.72. The van der Waals surface area contributed by atoms with E-state index in [2.05, 4.69) is 4.98 Å². The van der Waals surface area contributed by atoms with E-state index in [1.807, 2.05) is 0 Å². The first-order valence-electron chi connectivity index (χ1n) is 5.89. The van der Waals surface area contributed by atoms with Gasteiger partial charge in [-0.15, -0.1) is 0 Å². The van der Waals surface area contributed by atoms with Gasteiger partial charge < -0.3 is 9.84 Å². The second-order valence-corrected chi connectivity index (χ2v) is 4.18. The number of imidazole rings is 1. The molecule has 0 spiro atoms. The quantitative estimate of drug-likeness (QED) is 0.919. The van der Waals surface area contributed by atoms with Crippen molar-refractivity contribution in [3.05, 3.63) is 47.8 Å². The van der Waals surface area contributed by atoms with E-state index in [-0.39, 0.29) is 23.7 Å². The van der Waals surface area contributed by atoms with Crippen molar-refractivity contribution in [2.24, 2.45) is 0 Å². The van der Waals surface area contributed by atoms with Gasteiger partial charge in [-0.2, -0.15) is 8.78 Å². The maximum atomic E-state index is 13.6. The Morgan fingerprint density at radius 3 is 2.75 bits per heavy atom. The number of aliphatic hydroxyl groups excluding tert-OH is 1. The Balaban J connectivity index is 2.08. The molecule has 1 heterocycles. The Hall–Kier alpha value is -2.02. The molecule has 0 aliphatic rings. The smallest absolute Gasteiger partial charge is 0.320 e. The van der Waals surface area contributed by atoms with Gasteiger partial charge in [0.15, 0.2) is 5.82 Å². The van der Waals surface area contributed by atoms with Gasteiger partial charge in [0.05, 0.1) is 6.10 Å². The van der Waals surface area contributed by atoms with E-state index in [0.29, 0.717) is 4.57 Å². The van der Waals surface area contributed by atoms with E-state index in [4.69, 9.17) is 4.74 Å². The summed E-state index contributed by atoms with van der Waals surface area (Å²) in [5, 5.41) is 9.30. The molecule has 1 aromatic carbocycles. The van der Waals surface area contributed by atoms with Crippen LogP contribution in [0, 0.1) is 5.82 Å². The van der Waals surface area contributed by atoms with Gasteiger partial charge >= 0.3 is 6.55 Å². The van der Waals surface area contributed by atoms with E-state index in [9.17, 15) is 18.3 Å². The molecule has 0 amide bonds. The van der Waals surface area contributed by atoms with E-state index in [1.165, 1.54) is 25.3 Å². The van der Waals surface area contributed by atoms with Crippen LogP contribution in [0.25, 0.3) is 0 Å². The molecule has 20 heavy (non-hydrogen) atoms. The summed E-state index contributed by atoms with van der Waals surface area (Å²) in [4.78, 5) is 3.74. The second-order valence-electron chi connectivity index (χ2n) is 4.18. The lowest BCUT2D eigenvalue weighted by molar-refractivity contribution is 0.0632. The van der Waals surface area contributed by atoms with Crippen LogP contribution in [0.4, 0.5) is 13.2 Å². The van der Waals surface area contributed by atoms with Crippen LogP contribution >= 0.6 is 0 Å². The van der Waals surface area contributed by atoms with Crippen molar-refractivity contribution in [3.8, 4) is 5.75 Å².